The molecule has 2 aliphatic heterocycles. The normalized spacial score (nSPS) is 33.2. The molecule has 2 bridgehead atoms. The van der Waals surface area contributed by atoms with Crippen molar-refractivity contribution in [2.24, 2.45) is 0 Å². The maximum absolute atomic E-state index is 5.08. The van der Waals surface area contributed by atoms with E-state index < -0.39 is 0 Å². The third-order valence-electron chi connectivity index (χ3n) is 4.35. The van der Waals surface area contributed by atoms with E-state index in [0.29, 0.717) is 6.04 Å². The number of fused-ring (bicyclic) bond motifs is 2. The fourth-order valence-electron chi connectivity index (χ4n) is 3.33. The van der Waals surface area contributed by atoms with Crippen LogP contribution in [0.3, 0.4) is 0 Å². The molecule has 2 unspecified atom stereocenters. The summed E-state index contributed by atoms with van der Waals surface area (Å²) in [4.78, 5) is 2.57. The van der Waals surface area contributed by atoms with Gasteiger partial charge in [-0.25, -0.2) is 0 Å². The highest BCUT2D eigenvalue weighted by Crippen LogP contribution is 2.34. The lowest BCUT2D eigenvalue weighted by Crippen LogP contribution is -2.47. The fraction of sp³-hybridized carbons (Fsp3) is 0.769. The van der Waals surface area contributed by atoms with Gasteiger partial charge < -0.3 is 14.7 Å². The zero-order valence-electron chi connectivity index (χ0n) is 10.6. The van der Waals surface area contributed by atoms with Crippen molar-refractivity contribution in [3.63, 3.8) is 0 Å². The van der Waals surface area contributed by atoms with E-state index in [-0.39, 0.29) is 0 Å². The van der Waals surface area contributed by atoms with Crippen molar-refractivity contribution in [3.8, 4) is 0 Å². The summed E-state index contributed by atoms with van der Waals surface area (Å²) >= 11 is 0. The summed E-state index contributed by atoms with van der Waals surface area (Å²) < 4.78 is 5.08. The Balaban J connectivity index is 1.54. The van der Waals surface area contributed by atoms with Crippen LogP contribution in [0.1, 0.15) is 37.1 Å². The molecule has 0 aromatic carbocycles. The largest absolute Gasteiger partial charge is 0.361 e. The second-order valence-electron chi connectivity index (χ2n) is 5.53. The highest BCUT2D eigenvalue weighted by Gasteiger charge is 2.38. The summed E-state index contributed by atoms with van der Waals surface area (Å²) in [5.74, 6) is 0.894. The first-order valence-corrected chi connectivity index (χ1v) is 6.60. The van der Waals surface area contributed by atoms with E-state index in [1.54, 1.807) is 0 Å². The van der Waals surface area contributed by atoms with Gasteiger partial charge in [-0.05, 0) is 39.7 Å². The monoisotopic (exact) mass is 235 g/mol. The summed E-state index contributed by atoms with van der Waals surface area (Å²) in [6.45, 7) is 2.78. The van der Waals surface area contributed by atoms with Crippen LogP contribution in [-0.2, 0) is 6.54 Å². The lowest BCUT2D eigenvalue weighted by atomic mass is 9.98. The number of nitrogens with zero attached hydrogens (tertiary/aromatic N) is 2. The number of rotatable bonds is 3. The number of aromatic nitrogens is 1. The minimum absolute atomic E-state index is 0.653. The van der Waals surface area contributed by atoms with Crippen molar-refractivity contribution in [2.45, 2.75) is 57.3 Å². The third-order valence-corrected chi connectivity index (χ3v) is 4.35. The van der Waals surface area contributed by atoms with Crippen molar-refractivity contribution in [2.75, 3.05) is 7.05 Å². The quantitative estimate of drug-likeness (QED) is 0.865. The van der Waals surface area contributed by atoms with Gasteiger partial charge in [0.15, 0.2) is 0 Å². The Bertz CT molecular complexity index is 376. The molecule has 0 saturated carbocycles. The van der Waals surface area contributed by atoms with Crippen LogP contribution < -0.4 is 5.32 Å². The SMILES string of the molecule is Cc1cc(CNC2CC3CCC(C2)N3C)no1. The summed E-state index contributed by atoms with van der Waals surface area (Å²) in [6.07, 6.45) is 5.32. The topological polar surface area (TPSA) is 41.3 Å². The summed E-state index contributed by atoms with van der Waals surface area (Å²) in [6, 6.07) is 4.26. The molecule has 0 spiro atoms. The number of nitrogens with one attached hydrogen (secondary N) is 1. The molecule has 2 fully saturated rings. The number of aryl methyl sites for hydroxylation is 1. The van der Waals surface area contributed by atoms with Crippen molar-refractivity contribution in [1.82, 2.24) is 15.4 Å². The number of hydrogen-bond donors (Lipinski definition) is 1. The second-order valence-corrected chi connectivity index (χ2v) is 5.53. The average molecular weight is 235 g/mol. The first-order chi connectivity index (χ1) is 8.22. The van der Waals surface area contributed by atoms with E-state index in [4.69, 9.17) is 4.52 Å². The van der Waals surface area contributed by atoms with Crippen LogP contribution in [0.2, 0.25) is 0 Å². The molecule has 1 aromatic rings. The van der Waals surface area contributed by atoms with Gasteiger partial charge in [-0.3, -0.25) is 0 Å². The maximum atomic E-state index is 5.08. The molecule has 2 atom stereocenters. The molecular weight excluding hydrogens is 214 g/mol. The molecule has 0 amide bonds. The van der Waals surface area contributed by atoms with Crippen molar-refractivity contribution in [3.05, 3.63) is 17.5 Å². The molecule has 3 heterocycles. The van der Waals surface area contributed by atoms with E-state index >= 15 is 0 Å². The van der Waals surface area contributed by atoms with Gasteiger partial charge in [-0.2, -0.15) is 0 Å². The highest BCUT2D eigenvalue weighted by atomic mass is 16.5. The second kappa shape index (κ2) is 4.42. The van der Waals surface area contributed by atoms with E-state index in [2.05, 4.69) is 22.4 Å². The van der Waals surface area contributed by atoms with Gasteiger partial charge >= 0.3 is 0 Å². The van der Waals surface area contributed by atoms with Crippen LogP contribution in [0.4, 0.5) is 0 Å². The Morgan fingerprint density at radius 1 is 1.41 bits per heavy atom. The molecule has 0 radical (unpaired) electrons. The van der Waals surface area contributed by atoms with Crippen LogP contribution >= 0.6 is 0 Å². The summed E-state index contributed by atoms with van der Waals surface area (Å²) in [5.41, 5.74) is 1.02. The predicted molar refractivity (Wildman–Crippen MR) is 65.7 cm³/mol. The lowest BCUT2D eigenvalue weighted by molar-refractivity contribution is 0.148. The van der Waals surface area contributed by atoms with Crippen LogP contribution in [0, 0.1) is 6.92 Å². The smallest absolute Gasteiger partial charge is 0.133 e. The van der Waals surface area contributed by atoms with Gasteiger partial charge in [0.2, 0.25) is 0 Å². The Labute approximate surface area is 102 Å². The van der Waals surface area contributed by atoms with Gasteiger partial charge in [-0.15, -0.1) is 0 Å². The standard InChI is InChI=1S/C13H21N3O/c1-9-5-11(15-17-9)8-14-10-6-12-3-4-13(7-10)16(12)2/h5,10,12-14H,3-4,6-8H2,1-2H3. The molecule has 1 aromatic heterocycles. The van der Waals surface area contributed by atoms with E-state index in [9.17, 15) is 0 Å². The van der Waals surface area contributed by atoms with Gasteiger partial charge in [0.25, 0.3) is 0 Å². The van der Waals surface area contributed by atoms with E-state index in [0.717, 1.165) is 30.1 Å². The van der Waals surface area contributed by atoms with Crippen molar-refractivity contribution >= 4 is 0 Å². The zero-order chi connectivity index (χ0) is 11.8. The van der Waals surface area contributed by atoms with Crippen molar-refractivity contribution < 1.29 is 4.52 Å². The number of hydrogen-bond acceptors (Lipinski definition) is 4. The molecule has 17 heavy (non-hydrogen) atoms. The molecule has 4 heteroatoms. The molecule has 1 N–H and O–H groups in total. The lowest BCUT2D eigenvalue weighted by Gasteiger charge is -2.36. The van der Waals surface area contributed by atoms with Gasteiger partial charge in [0.1, 0.15) is 5.76 Å². The summed E-state index contributed by atoms with van der Waals surface area (Å²) in [5, 5.41) is 7.64. The van der Waals surface area contributed by atoms with Gasteiger partial charge in [0.05, 0.1) is 5.69 Å². The maximum Gasteiger partial charge on any atom is 0.133 e. The minimum Gasteiger partial charge on any atom is -0.361 e. The Kier molecular flexibility index (Phi) is 2.92. The zero-order valence-corrected chi connectivity index (χ0v) is 10.6. The Morgan fingerprint density at radius 3 is 2.71 bits per heavy atom. The molecule has 3 rings (SSSR count). The third kappa shape index (κ3) is 2.24. The Hall–Kier alpha value is -0.870. The molecular formula is C13H21N3O. The highest BCUT2D eigenvalue weighted by molar-refractivity contribution is 5.04. The average Bonchev–Trinajstić information content (AvgIpc) is 2.78. The fourth-order valence-corrected chi connectivity index (χ4v) is 3.33. The minimum atomic E-state index is 0.653. The molecule has 0 aliphatic carbocycles. The van der Waals surface area contributed by atoms with Gasteiger partial charge in [0, 0.05) is 30.7 Å². The van der Waals surface area contributed by atoms with Crippen LogP contribution in [0.5, 0.6) is 0 Å². The predicted octanol–water partition coefficient (Wildman–Crippen LogP) is 1.70. The van der Waals surface area contributed by atoms with E-state index in [1.165, 1.54) is 25.7 Å². The van der Waals surface area contributed by atoms with Crippen LogP contribution in [0.25, 0.3) is 0 Å². The van der Waals surface area contributed by atoms with E-state index in [1.807, 2.05) is 13.0 Å². The van der Waals surface area contributed by atoms with Gasteiger partial charge in [-0.1, -0.05) is 5.16 Å². The summed E-state index contributed by atoms with van der Waals surface area (Å²) in [7, 11) is 2.28. The molecule has 4 nitrogen and oxygen atoms in total. The first kappa shape index (κ1) is 11.2. The Morgan fingerprint density at radius 2 is 2.12 bits per heavy atom. The molecule has 94 valence electrons. The van der Waals surface area contributed by atoms with Crippen LogP contribution in [-0.4, -0.2) is 35.2 Å². The molecule has 2 aliphatic rings. The van der Waals surface area contributed by atoms with Crippen LogP contribution in [0.15, 0.2) is 10.6 Å². The van der Waals surface area contributed by atoms with Crippen molar-refractivity contribution in [1.29, 1.82) is 0 Å². The first-order valence-electron chi connectivity index (χ1n) is 6.60. The molecule has 2 saturated heterocycles. The number of piperidine rings is 1.